The minimum atomic E-state index is -0.255. The molecule has 1 aliphatic carbocycles. The number of carbonyl (C=O) groups excluding carboxylic acids is 2. The number of nitrogens with zero attached hydrogens (tertiary/aromatic N) is 1. The Balaban J connectivity index is 1.66. The third-order valence-electron chi connectivity index (χ3n) is 4.67. The number of carbonyl (C=O) groups is 2. The standard InChI is InChI=1S/C20H25N3O4S/c1-26-12-4-11-21-19(25)15-5-3-6-16-17(15)22-20(28-16)23-18(24)13-7-9-14(27-2)10-8-13/h7-10,15H,3-6,11-12H2,1-2H3,(H,21,25)(H,22,23,24). The van der Waals surface area contributed by atoms with E-state index in [9.17, 15) is 9.59 Å². The molecule has 1 aliphatic rings. The smallest absolute Gasteiger partial charge is 0.257 e. The van der Waals surface area contributed by atoms with Crippen molar-refractivity contribution in [3.8, 4) is 5.75 Å². The second-order valence-electron chi connectivity index (χ2n) is 6.59. The van der Waals surface area contributed by atoms with E-state index in [0.29, 0.717) is 29.6 Å². The van der Waals surface area contributed by atoms with Crippen LogP contribution in [0.2, 0.25) is 0 Å². The number of aromatic nitrogens is 1. The lowest BCUT2D eigenvalue weighted by Gasteiger charge is -2.20. The summed E-state index contributed by atoms with van der Waals surface area (Å²) in [6, 6.07) is 6.90. The highest BCUT2D eigenvalue weighted by atomic mass is 32.1. The van der Waals surface area contributed by atoms with Crippen LogP contribution in [0.5, 0.6) is 5.75 Å². The number of methoxy groups -OCH3 is 2. The fourth-order valence-corrected chi connectivity index (χ4v) is 4.25. The fourth-order valence-electron chi connectivity index (χ4n) is 3.19. The van der Waals surface area contributed by atoms with Gasteiger partial charge in [-0.25, -0.2) is 4.98 Å². The molecule has 2 aromatic rings. The van der Waals surface area contributed by atoms with Crippen molar-refractivity contribution in [1.82, 2.24) is 10.3 Å². The molecule has 0 aliphatic heterocycles. The van der Waals surface area contributed by atoms with Gasteiger partial charge in [0.15, 0.2) is 5.13 Å². The van der Waals surface area contributed by atoms with Gasteiger partial charge in [-0.2, -0.15) is 0 Å². The second-order valence-corrected chi connectivity index (χ2v) is 7.68. The van der Waals surface area contributed by atoms with Gasteiger partial charge in [-0.3, -0.25) is 14.9 Å². The summed E-state index contributed by atoms with van der Waals surface area (Å²) in [5.41, 5.74) is 1.33. The lowest BCUT2D eigenvalue weighted by atomic mass is 9.90. The maximum absolute atomic E-state index is 12.6. The molecule has 1 unspecified atom stereocenters. The molecule has 1 aromatic carbocycles. The summed E-state index contributed by atoms with van der Waals surface area (Å²) >= 11 is 1.45. The average molecular weight is 404 g/mol. The van der Waals surface area contributed by atoms with Gasteiger partial charge >= 0.3 is 0 Å². The highest BCUT2D eigenvalue weighted by Crippen LogP contribution is 2.37. The third-order valence-corrected chi connectivity index (χ3v) is 5.71. The summed E-state index contributed by atoms with van der Waals surface area (Å²) in [6.45, 7) is 1.21. The third kappa shape index (κ3) is 4.88. The normalized spacial score (nSPS) is 15.6. The summed E-state index contributed by atoms with van der Waals surface area (Å²) in [4.78, 5) is 30.7. The summed E-state index contributed by atoms with van der Waals surface area (Å²) in [5, 5.41) is 6.35. The van der Waals surface area contributed by atoms with E-state index in [1.165, 1.54) is 11.3 Å². The zero-order chi connectivity index (χ0) is 19.9. The van der Waals surface area contributed by atoms with Crippen LogP contribution in [0, 0.1) is 0 Å². The van der Waals surface area contributed by atoms with Gasteiger partial charge in [-0.05, 0) is 49.9 Å². The van der Waals surface area contributed by atoms with Crippen molar-refractivity contribution in [2.75, 3.05) is 32.7 Å². The predicted molar refractivity (Wildman–Crippen MR) is 108 cm³/mol. The van der Waals surface area contributed by atoms with E-state index in [1.807, 2.05) is 0 Å². The van der Waals surface area contributed by atoms with Crippen LogP contribution >= 0.6 is 11.3 Å². The van der Waals surface area contributed by atoms with E-state index >= 15 is 0 Å². The molecule has 2 N–H and O–H groups in total. The molecule has 0 saturated carbocycles. The van der Waals surface area contributed by atoms with Crippen LogP contribution in [0.4, 0.5) is 5.13 Å². The minimum Gasteiger partial charge on any atom is -0.497 e. The number of anilines is 1. The SMILES string of the molecule is COCCCNC(=O)C1CCCc2sc(NC(=O)c3ccc(OC)cc3)nc21. The zero-order valence-corrected chi connectivity index (χ0v) is 16.9. The van der Waals surface area contributed by atoms with Gasteiger partial charge in [0.1, 0.15) is 5.75 Å². The molecule has 1 aromatic heterocycles. The number of thiazole rings is 1. The summed E-state index contributed by atoms with van der Waals surface area (Å²) in [7, 11) is 3.23. The van der Waals surface area contributed by atoms with Crippen molar-refractivity contribution in [1.29, 1.82) is 0 Å². The molecule has 0 radical (unpaired) electrons. The first-order valence-electron chi connectivity index (χ1n) is 9.34. The van der Waals surface area contributed by atoms with Gasteiger partial charge in [0.25, 0.3) is 5.91 Å². The fraction of sp³-hybridized carbons (Fsp3) is 0.450. The van der Waals surface area contributed by atoms with Crippen LogP contribution in [-0.4, -0.2) is 44.2 Å². The lowest BCUT2D eigenvalue weighted by Crippen LogP contribution is -2.32. The van der Waals surface area contributed by atoms with Crippen molar-refractivity contribution in [3.05, 3.63) is 40.4 Å². The van der Waals surface area contributed by atoms with Crippen molar-refractivity contribution in [2.45, 2.75) is 31.6 Å². The van der Waals surface area contributed by atoms with E-state index in [1.54, 1.807) is 38.5 Å². The Kier molecular flexibility index (Phi) is 7.00. The highest BCUT2D eigenvalue weighted by molar-refractivity contribution is 7.15. The van der Waals surface area contributed by atoms with Crippen LogP contribution in [0.25, 0.3) is 0 Å². The summed E-state index contributed by atoms with van der Waals surface area (Å²) < 4.78 is 10.1. The van der Waals surface area contributed by atoms with E-state index in [2.05, 4.69) is 15.6 Å². The first-order chi connectivity index (χ1) is 13.6. The van der Waals surface area contributed by atoms with Gasteiger partial charge in [0.05, 0.1) is 18.7 Å². The Morgan fingerprint density at radius 3 is 2.75 bits per heavy atom. The molecule has 7 nitrogen and oxygen atoms in total. The maximum atomic E-state index is 12.6. The molecule has 3 rings (SSSR count). The maximum Gasteiger partial charge on any atom is 0.257 e. The molecule has 1 heterocycles. The summed E-state index contributed by atoms with van der Waals surface area (Å²) in [6.07, 6.45) is 3.39. The number of nitrogens with one attached hydrogen (secondary N) is 2. The molecular formula is C20H25N3O4S. The van der Waals surface area contributed by atoms with Crippen LogP contribution in [0.15, 0.2) is 24.3 Å². The first-order valence-corrected chi connectivity index (χ1v) is 10.2. The molecule has 150 valence electrons. The van der Waals surface area contributed by atoms with Gasteiger partial charge in [0, 0.05) is 30.7 Å². The Labute approximate surface area is 168 Å². The number of hydrogen-bond acceptors (Lipinski definition) is 6. The first kappa shape index (κ1) is 20.3. The number of aryl methyl sites for hydroxylation is 1. The Hall–Kier alpha value is -2.45. The quantitative estimate of drug-likeness (QED) is 0.662. The van der Waals surface area contributed by atoms with Gasteiger partial charge < -0.3 is 14.8 Å². The van der Waals surface area contributed by atoms with Crippen LogP contribution in [-0.2, 0) is 16.0 Å². The number of amides is 2. The minimum absolute atomic E-state index is 0.00427. The van der Waals surface area contributed by atoms with Crippen molar-refractivity contribution in [2.24, 2.45) is 0 Å². The molecule has 0 fully saturated rings. The second kappa shape index (κ2) is 9.66. The Morgan fingerprint density at radius 1 is 1.25 bits per heavy atom. The van der Waals surface area contributed by atoms with E-state index in [4.69, 9.17) is 9.47 Å². The molecule has 0 spiro atoms. The topological polar surface area (TPSA) is 89.6 Å². The van der Waals surface area contributed by atoms with Gasteiger partial charge in [-0.15, -0.1) is 11.3 Å². The van der Waals surface area contributed by atoms with Gasteiger partial charge in [0.2, 0.25) is 5.91 Å². The van der Waals surface area contributed by atoms with Crippen molar-refractivity contribution < 1.29 is 19.1 Å². The number of hydrogen-bond donors (Lipinski definition) is 2. The average Bonchev–Trinajstić information content (AvgIpc) is 3.13. The van der Waals surface area contributed by atoms with E-state index < -0.39 is 0 Å². The van der Waals surface area contributed by atoms with Crippen LogP contribution in [0.1, 0.15) is 46.1 Å². The summed E-state index contributed by atoms with van der Waals surface area (Å²) in [5.74, 6) is 0.208. The van der Waals surface area contributed by atoms with Crippen LogP contribution < -0.4 is 15.4 Å². The van der Waals surface area contributed by atoms with Gasteiger partial charge in [-0.1, -0.05) is 0 Å². The molecule has 0 saturated heterocycles. The Bertz CT molecular complexity index is 819. The van der Waals surface area contributed by atoms with Crippen molar-refractivity contribution >= 4 is 28.3 Å². The molecular weight excluding hydrogens is 378 g/mol. The highest BCUT2D eigenvalue weighted by Gasteiger charge is 2.30. The predicted octanol–water partition coefficient (Wildman–Crippen LogP) is 2.98. The molecule has 1 atom stereocenters. The number of fused-ring (bicyclic) bond motifs is 1. The number of rotatable bonds is 8. The molecule has 8 heteroatoms. The molecule has 0 bridgehead atoms. The largest absolute Gasteiger partial charge is 0.497 e. The van der Waals surface area contributed by atoms with Crippen LogP contribution in [0.3, 0.4) is 0 Å². The zero-order valence-electron chi connectivity index (χ0n) is 16.1. The Morgan fingerprint density at radius 2 is 2.04 bits per heavy atom. The number of ether oxygens (including phenoxy) is 2. The lowest BCUT2D eigenvalue weighted by molar-refractivity contribution is -0.123. The number of benzene rings is 1. The van der Waals surface area contributed by atoms with Crippen molar-refractivity contribution in [3.63, 3.8) is 0 Å². The monoisotopic (exact) mass is 403 g/mol. The molecule has 2 amide bonds. The van der Waals surface area contributed by atoms with E-state index in [-0.39, 0.29) is 17.7 Å². The van der Waals surface area contributed by atoms with E-state index in [0.717, 1.165) is 36.3 Å². The molecule has 28 heavy (non-hydrogen) atoms.